The Labute approximate surface area is 333 Å². The van der Waals surface area contributed by atoms with Gasteiger partial charge in [-0.1, -0.05) is 121 Å². The van der Waals surface area contributed by atoms with E-state index >= 15 is 0 Å². The smallest absolute Gasteiger partial charge is 0.0562 e. The Morgan fingerprint density at radius 2 is 0.621 bits per heavy atom. The summed E-state index contributed by atoms with van der Waals surface area (Å²) in [6.07, 6.45) is 0. The fraction of sp³-hybridized carbons (Fsp3) is 0. The van der Waals surface area contributed by atoms with Gasteiger partial charge in [0.2, 0.25) is 0 Å². The van der Waals surface area contributed by atoms with Gasteiger partial charge in [0.15, 0.2) is 0 Å². The summed E-state index contributed by atoms with van der Waals surface area (Å²) in [5.74, 6) is 0. The molecule has 0 bridgehead atoms. The average Bonchev–Trinajstić information content (AvgIpc) is 4.01. The molecule has 0 fully saturated rings. The molecule has 270 valence electrons. The molecular formula is C54H34N4. The molecule has 4 nitrogen and oxygen atoms in total. The minimum absolute atomic E-state index is 1.13. The molecule has 4 heterocycles. The zero-order chi connectivity index (χ0) is 37.9. The highest BCUT2D eigenvalue weighted by atomic mass is 15.0. The second-order valence-corrected chi connectivity index (χ2v) is 15.3. The van der Waals surface area contributed by atoms with Crippen LogP contribution in [0.5, 0.6) is 0 Å². The lowest BCUT2D eigenvalue weighted by atomic mass is 10.1. The van der Waals surface area contributed by atoms with E-state index < -0.39 is 0 Å². The SMILES string of the molecule is c1ccc(-n2c3ccccc3c3c(-n4c5ccccc5c5ccc(-n6c7ccccc7c7cc(-n8c9ccccc9c9ccccc98)ccc76)cc54)cccc32)cc1. The van der Waals surface area contributed by atoms with E-state index in [1.54, 1.807) is 0 Å². The fourth-order valence-electron chi connectivity index (χ4n) is 9.98. The van der Waals surface area contributed by atoms with Crippen LogP contribution in [0.25, 0.3) is 110 Å². The van der Waals surface area contributed by atoms with E-state index in [2.05, 4.69) is 225 Å². The lowest BCUT2D eigenvalue weighted by Gasteiger charge is -2.13. The molecule has 9 aromatic carbocycles. The summed E-state index contributed by atoms with van der Waals surface area (Å²) in [6.45, 7) is 0. The molecule has 0 saturated heterocycles. The Hall–Kier alpha value is -7.82. The van der Waals surface area contributed by atoms with Gasteiger partial charge in [-0.2, -0.15) is 0 Å². The highest BCUT2D eigenvalue weighted by molar-refractivity contribution is 6.17. The van der Waals surface area contributed by atoms with Crippen LogP contribution in [-0.2, 0) is 0 Å². The molecule has 0 spiro atoms. The van der Waals surface area contributed by atoms with E-state index in [1.807, 2.05) is 0 Å². The average molecular weight is 739 g/mol. The van der Waals surface area contributed by atoms with Crippen LogP contribution in [0.3, 0.4) is 0 Å². The zero-order valence-electron chi connectivity index (χ0n) is 31.4. The molecule has 58 heavy (non-hydrogen) atoms. The lowest BCUT2D eigenvalue weighted by molar-refractivity contribution is 1.15. The molecule has 0 aliphatic carbocycles. The number of hydrogen-bond donors (Lipinski definition) is 0. The Morgan fingerprint density at radius 3 is 1.24 bits per heavy atom. The number of benzene rings is 9. The quantitative estimate of drug-likeness (QED) is 0.171. The van der Waals surface area contributed by atoms with Gasteiger partial charge in [-0.15, -0.1) is 0 Å². The number of fused-ring (bicyclic) bond motifs is 12. The van der Waals surface area contributed by atoms with Crippen molar-refractivity contribution in [1.82, 2.24) is 18.3 Å². The minimum Gasteiger partial charge on any atom is -0.309 e. The molecule has 13 rings (SSSR count). The minimum atomic E-state index is 1.13. The first-order valence-electron chi connectivity index (χ1n) is 20.0. The van der Waals surface area contributed by atoms with Crippen LogP contribution in [0.2, 0.25) is 0 Å². The largest absolute Gasteiger partial charge is 0.309 e. The van der Waals surface area contributed by atoms with Crippen molar-refractivity contribution >= 4 is 87.2 Å². The zero-order valence-corrected chi connectivity index (χ0v) is 31.4. The van der Waals surface area contributed by atoms with Crippen molar-refractivity contribution in [2.45, 2.75) is 0 Å². The van der Waals surface area contributed by atoms with Gasteiger partial charge >= 0.3 is 0 Å². The third-order valence-corrected chi connectivity index (χ3v) is 12.3. The number of nitrogens with zero attached hydrogens (tertiary/aromatic N) is 4. The maximum absolute atomic E-state index is 2.49. The summed E-state index contributed by atoms with van der Waals surface area (Å²) in [4.78, 5) is 0. The van der Waals surface area contributed by atoms with Crippen molar-refractivity contribution in [3.8, 4) is 22.7 Å². The van der Waals surface area contributed by atoms with Crippen molar-refractivity contribution in [2.75, 3.05) is 0 Å². The summed E-state index contributed by atoms with van der Waals surface area (Å²) in [5, 5.41) is 9.95. The van der Waals surface area contributed by atoms with Crippen molar-refractivity contribution < 1.29 is 0 Å². The van der Waals surface area contributed by atoms with Gasteiger partial charge in [0.1, 0.15) is 0 Å². The van der Waals surface area contributed by atoms with Gasteiger partial charge in [-0.3, -0.25) is 0 Å². The summed E-state index contributed by atoms with van der Waals surface area (Å²) in [6, 6.07) is 75.5. The predicted octanol–water partition coefficient (Wildman–Crippen LogP) is 14.1. The van der Waals surface area contributed by atoms with Gasteiger partial charge in [-0.25, -0.2) is 0 Å². The second kappa shape index (κ2) is 11.8. The van der Waals surface area contributed by atoms with Crippen LogP contribution in [0.1, 0.15) is 0 Å². The highest BCUT2D eigenvalue weighted by Gasteiger charge is 2.21. The molecule has 0 amide bonds. The van der Waals surface area contributed by atoms with Gasteiger partial charge in [0.05, 0.1) is 49.8 Å². The summed E-state index contributed by atoms with van der Waals surface area (Å²) >= 11 is 0. The first-order valence-corrected chi connectivity index (χ1v) is 20.0. The van der Waals surface area contributed by atoms with E-state index in [1.165, 1.54) is 92.9 Å². The first-order chi connectivity index (χ1) is 28.8. The van der Waals surface area contributed by atoms with Crippen molar-refractivity contribution in [3.05, 3.63) is 206 Å². The van der Waals surface area contributed by atoms with Crippen LogP contribution >= 0.6 is 0 Å². The molecule has 0 saturated carbocycles. The predicted molar refractivity (Wildman–Crippen MR) is 244 cm³/mol. The molecule has 0 radical (unpaired) electrons. The van der Waals surface area contributed by atoms with E-state index in [9.17, 15) is 0 Å². The van der Waals surface area contributed by atoms with Crippen LogP contribution in [0.4, 0.5) is 0 Å². The number of para-hydroxylation sites is 6. The Balaban J connectivity index is 1.08. The molecule has 0 aliphatic rings. The van der Waals surface area contributed by atoms with E-state index in [0.29, 0.717) is 0 Å². The third kappa shape index (κ3) is 4.23. The fourth-order valence-corrected chi connectivity index (χ4v) is 9.98. The van der Waals surface area contributed by atoms with Crippen molar-refractivity contribution in [2.24, 2.45) is 0 Å². The molecule has 0 unspecified atom stereocenters. The van der Waals surface area contributed by atoms with E-state index in [4.69, 9.17) is 0 Å². The normalized spacial score (nSPS) is 12.1. The summed E-state index contributed by atoms with van der Waals surface area (Å²) in [5.41, 5.74) is 14.2. The molecule has 0 aliphatic heterocycles. The number of rotatable bonds is 4. The van der Waals surface area contributed by atoms with E-state index in [0.717, 1.165) is 17.1 Å². The lowest BCUT2D eigenvalue weighted by Crippen LogP contribution is -1.98. The molecule has 4 heteroatoms. The Morgan fingerprint density at radius 1 is 0.207 bits per heavy atom. The van der Waals surface area contributed by atoms with Gasteiger partial charge < -0.3 is 18.3 Å². The standard InChI is InChI=1S/C54H34N4/c1-2-15-35(16-3-1)55-49-26-13-8-21-43(49)54-51(55)27-14-28-52(54)58-48-25-12-6-19-40(48)42-31-29-37(34-53(42)58)57-47-24-11-7-20-41(47)44-33-36(30-32-50(44)57)56-45-22-9-4-17-38(45)39-18-5-10-23-46(39)56/h1-34H. The molecule has 4 aromatic heterocycles. The topological polar surface area (TPSA) is 19.7 Å². The van der Waals surface area contributed by atoms with Crippen LogP contribution < -0.4 is 0 Å². The van der Waals surface area contributed by atoms with Crippen molar-refractivity contribution in [3.63, 3.8) is 0 Å². The molecule has 0 N–H and O–H groups in total. The summed E-state index contributed by atoms with van der Waals surface area (Å²) in [7, 11) is 0. The third-order valence-electron chi connectivity index (χ3n) is 12.3. The molecular weight excluding hydrogens is 705 g/mol. The Bertz CT molecular complexity index is 3740. The molecule has 0 atom stereocenters. The maximum Gasteiger partial charge on any atom is 0.0562 e. The van der Waals surface area contributed by atoms with Gasteiger partial charge in [0.25, 0.3) is 0 Å². The number of hydrogen-bond acceptors (Lipinski definition) is 0. The Kier molecular flexibility index (Phi) is 6.41. The molecule has 13 aromatic rings. The monoisotopic (exact) mass is 738 g/mol. The van der Waals surface area contributed by atoms with Gasteiger partial charge in [0, 0.05) is 60.2 Å². The van der Waals surface area contributed by atoms with Crippen molar-refractivity contribution in [1.29, 1.82) is 0 Å². The maximum atomic E-state index is 2.49. The highest BCUT2D eigenvalue weighted by Crippen LogP contribution is 2.42. The van der Waals surface area contributed by atoms with Gasteiger partial charge in [-0.05, 0) is 84.9 Å². The first kappa shape index (κ1) is 31.4. The van der Waals surface area contributed by atoms with Crippen LogP contribution in [-0.4, -0.2) is 18.3 Å². The van der Waals surface area contributed by atoms with Crippen LogP contribution in [0.15, 0.2) is 206 Å². The summed E-state index contributed by atoms with van der Waals surface area (Å²) < 4.78 is 9.76. The second-order valence-electron chi connectivity index (χ2n) is 15.3. The van der Waals surface area contributed by atoms with E-state index in [-0.39, 0.29) is 0 Å². The van der Waals surface area contributed by atoms with Crippen LogP contribution in [0, 0.1) is 0 Å². The number of aromatic nitrogens is 4.